The fourth-order valence-electron chi connectivity index (χ4n) is 4.65. The summed E-state index contributed by atoms with van der Waals surface area (Å²) in [7, 11) is 0. The number of benzene rings is 1. The molecule has 3 rings (SSSR count). The van der Waals surface area contributed by atoms with E-state index in [2.05, 4.69) is 12.1 Å². The third kappa shape index (κ3) is 7.32. The van der Waals surface area contributed by atoms with Crippen LogP contribution in [0.3, 0.4) is 0 Å². The summed E-state index contributed by atoms with van der Waals surface area (Å²) in [5.74, 6) is -1.76. The van der Waals surface area contributed by atoms with Gasteiger partial charge in [-0.05, 0) is 37.7 Å². The van der Waals surface area contributed by atoms with Gasteiger partial charge in [0.15, 0.2) is 0 Å². The van der Waals surface area contributed by atoms with Crippen LogP contribution in [0.25, 0.3) is 0 Å². The maximum atomic E-state index is 12.2. The average molecular weight is 529 g/mol. The van der Waals surface area contributed by atoms with Crippen LogP contribution in [-0.4, -0.2) is 58.7 Å². The number of nitrogens with zero attached hydrogens (tertiary/aromatic N) is 1. The van der Waals surface area contributed by atoms with Crippen molar-refractivity contribution in [2.45, 2.75) is 69.7 Å². The second-order valence-electron chi connectivity index (χ2n) is 8.82. The van der Waals surface area contributed by atoms with E-state index in [1.165, 1.54) is 5.56 Å². The molecule has 0 aromatic heterocycles. The number of hydrogen-bond acceptors (Lipinski definition) is 7. The second-order valence-corrected chi connectivity index (χ2v) is 9.42. The first-order chi connectivity index (χ1) is 16.8. The summed E-state index contributed by atoms with van der Waals surface area (Å²) in [4.78, 5) is 46.7. The van der Waals surface area contributed by atoms with Gasteiger partial charge < -0.3 is 14.2 Å². The van der Waals surface area contributed by atoms with E-state index in [4.69, 9.17) is 37.6 Å². The third-order valence-electron chi connectivity index (χ3n) is 6.44. The van der Waals surface area contributed by atoms with Crippen molar-refractivity contribution in [3.63, 3.8) is 0 Å². The summed E-state index contributed by atoms with van der Waals surface area (Å²) in [6, 6.07) is 10.3. The highest BCUT2D eigenvalue weighted by molar-refractivity contribution is 6.28. The van der Waals surface area contributed by atoms with Crippen LogP contribution in [0.5, 0.6) is 0 Å². The van der Waals surface area contributed by atoms with E-state index in [-0.39, 0.29) is 24.5 Å². The fraction of sp³-hybridized carbons (Fsp3) is 0.583. The molecule has 2 fully saturated rings. The number of fused-ring (bicyclic) bond motifs is 1. The minimum absolute atomic E-state index is 0.0532. The zero-order valence-electron chi connectivity index (χ0n) is 19.5. The number of carbonyl (C=O) groups is 4. The molecule has 1 saturated carbocycles. The number of alkyl carbamates (subject to hydrolysis) is 1. The van der Waals surface area contributed by atoms with Crippen LogP contribution in [0.2, 0.25) is 0 Å². The van der Waals surface area contributed by atoms with Gasteiger partial charge in [0.25, 0.3) is 0 Å². The molecule has 2 unspecified atom stereocenters. The SMILES string of the molecule is CC(=O)N(Cl)C(=O)O[C@@H]1CC[C@@H](COC(=O)NC(=O)CCl)C2(CCCCCc3ccccc3)OC12. The summed E-state index contributed by atoms with van der Waals surface area (Å²) in [5, 5.41) is 2.05. The van der Waals surface area contributed by atoms with Gasteiger partial charge in [0.05, 0.1) is 6.61 Å². The van der Waals surface area contributed by atoms with Crippen molar-refractivity contribution in [3.8, 4) is 0 Å². The molecular formula is C24H30Cl2N2O7. The third-order valence-corrected chi connectivity index (χ3v) is 7.06. The number of alkyl halides is 1. The Hall–Kier alpha value is -2.36. The van der Waals surface area contributed by atoms with Gasteiger partial charge in [0, 0.05) is 24.6 Å². The highest BCUT2D eigenvalue weighted by atomic mass is 35.5. The largest absolute Gasteiger partial charge is 0.449 e. The van der Waals surface area contributed by atoms with Crippen LogP contribution in [-0.2, 0) is 30.2 Å². The number of imide groups is 2. The van der Waals surface area contributed by atoms with E-state index in [0.29, 0.717) is 23.7 Å². The average Bonchev–Trinajstić information content (AvgIpc) is 3.59. The van der Waals surface area contributed by atoms with Crippen LogP contribution < -0.4 is 5.32 Å². The number of hydrogen-bond donors (Lipinski definition) is 1. The molecule has 4 atom stereocenters. The van der Waals surface area contributed by atoms with E-state index >= 15 is 0 Å². The summed E-state index contributed by atoms with van der Waals surface area (Å²) in [6.45, 7) is 1.22. The quantitative estimate of drug-likeness (QED) is 0.208. The van der Waals surface area contributed by atoms with Crippen LogP contribution >= 0.6 is 23.4 Å². The first-order valence-corrected chi connectivity index (χ1v) is 12.6. The monoisotopic (exact) mass is 528 g/mol. The Labute approximate surface area is 214 Å². The van der Waals surface area contributed by atoms with Crippen LogP contribution in [0.4, 0.5) is 9.59 Å². The molecule has 1 saturated heterocycles. The van der Waals surface area contributed by atoms with Crippen molar-refractivity contribution >= 4 is 47.4 Å². The predicted octanol–water partition coefficient (Wildman–Crippen LogP) is 4.34. The fourth-order valence-corrected chi connectivity index (χ4v) is 4.76. The lowest BCUT2D eigenvalue weighted by molar-refractivity contribution is -0.123. The number of aryl methyl sites for hydroxylation is 1. The summed E-state index contributed by atoms with van der Waals surface area (Å²) < 4.78 is 17.2. The Bertz CT molecular complexity index is 916. The molecule has 1 heterocycles. The lowest BCUT2D eigenvalue weighted by Gasteiger charge is -2.31. The van der Waals surface area contributed by atoms with E-state index in [1.54, 1.807) is 0 Å². The number of epoxide rings is 1. The first-order valence-electron chi connectivity index (χ1n) is 11.7. The Balaban J connectivity index is 1.56. The molecule has 2 aliphatic rings. The summed E-state index contributed by atoms with van der Waals surface area (Å²) >= 11 is 11.1. The molecule has 0 radical (unpaired) electrons. The smallest absolute Gasteiger partial charge is 0.432 e. The number of rotatable bonds is 10. The van der Waals surface area contributed by atoms with Crippen molar-refractivity contribution in [3.05, 3.63) is 35.9 Å². The molecule has 192 valence electrons. The van der Waals surface area contributed by atoms with E-state index in [1.807, 2.05) is 23.5 Å². The van der Waals surface area contributed by atoms with Gasteiger partial charge in [-0.25, -0.2) is 9.59 Å². The Morgan fingerprint density at radius 1 is 1.14 bits per heavy atom. The molecule has 35 heavy (non-hydrogen) atoms. The molecule has 0 spiro atoms. The normalized spacial score (nSPS) is 24.6. The first kappa shape index (κ1) is 27.2. The molecule has 9 nitrogen and oxygen atoms in total. The topological polar surface area (TPSA) is 115 Å². The zero-order valence-corrected chi connectivity index (χ0v) is 21.1. The molecule has 1 aromatic rings. The van der Waals surface area contributed by atoms with Gasteiger partial charge in [-0.3, -0.25) is 14.9 Å². The number of nitrogens with one attached hydrogen (secondary N) is 1. The zero-order chi connectivity index (χ0) is 25.4. The number of ether oxygens (including phenoxy) is 3. The minimum atomic E-state index is -0.940. The maximum absolute atomic E-state index is 12.2. The Morgan fingerprint density at radius 2 is 1.89 bits per heavy atom. The molecule has 11 heteroatoms. The molecule has 0 bridgehead atoms. The van der Waals surface area contributed by atoms with Crippen LogP contribution in [0, 0.1) is 5.92 Å². The van der Waals surface area contributed by atoms with Crippen molar-refractivity contribution in [1.29, 1.82) is 0 Å². The van der Waals surface area contributed by atoms with E-state index in [0.717, 1.165) is 32.6 Å². The molecule has 1 N–H and O–H groups in total. The van der Waals surface area contributed by atoms with Gasteiger partial charge in [0.2, 0.25) is 11.8 Å². The number of unbranched alkanes of at least 4 members (excludes halogenated alkanes) is 2. The van der Waals surface area contributed by atoms with Gasteiger partial charge in [0.1, 0.15) is 23.7 Å². The predicted molar refractivity (Wildman–Crippen MR) is 128 cm³/mol. The minimum Gasteiger partial charge on any atom is -0.449 e. The van der Waals surface area contributed by atoms with Crippen LogP contribution in [0.15, 0.2) is 30.3 Å². The van der Waals surface area contributed by atoms with Gasteiger partial charge in [-0.1, -0.05) is 43.2 Å². The van der Waals surface area contributed by atoms with Crippen molar-refractivity contribution in [1.82, 2.24) is 9.74 Å². The Kier molecular flexibility index (Phi) is 9.77. The van der Waals surface area contributed by atoms with E-state index < -0.39 is 35.7 Å². The second kappa shape index (κ2) is 12.6. The lowest BCUT2D eigenvalue weighted by atomic mass is 9.75. The maximum Gasteiger partial charge on any atom is 0.432 e. The molecule has 4 amide bonds. The number of halogens is 2. The highest BCUT2D eigenvalue weighted by Crippen LogP contribution is 2.55. The number of amides is 4. The molecule has 1 aliphatic heterocycles. The highest BCUT2D eigenvalue weighted by Gasteiger charge is 2.67. The van der Waals surface area contributed by atoms with Gasteiger partial charge in [-0.15, -0.1) is 11.6 Å². The molecule has 1 aromatic carbocycles. The number of carbonyl (C=O) groups excluding carboxylic acids is 4. The van der Waals surface area contributed by atoms with E-state index in [9.17, 15) is 19.2 Å². The lowest BCUT2D eigenvalue weighted by Crippen LogP contribution is -2.44. The summed E-state index contributed by atoms with van der Waals surface area (Å²) in [6.07, 6.45) is 2.86. The van der Waals surface area contributed by atoms with Crippen LogP contribution in [0.1, 0.15) is 51.0 Å². The van der Waals surface area contributed by atoms with Crippen molar-refractivity contribution < 1.29 is 33.4 Å². The summed E-state index contributed by atoms with van der Waals surface area (Å²) in [5.41, 5.74) is 0.677. The van der Waals surface area contributed by atoms with Gasteiger partial charge >= 0.3 is 12.2 Å². The van der Waals surface area contributed by atoms with Gasteiger partial charge in [-0.2, -0.15) is 4.42 Å². The van der Waals surface area contributed by atoms with Crippen molar-refractivity contribution in [2.75, 3.05) is 12.5 Å². The Morgan fingerprint density at radius 3 is 2.57 bits per heavy atom. The standard InChI is InChI=1S/C24H30Cl2N2O7/c1-16(29)28(26)23(32)34-19-12-11-18(15-33-22(31)27-20(30)14-25)24(21(19)35-24)13-7-3-6-10-17-8-4-2-5-9-17/h2,4-5,8-9,18-19,21H,3,6-7,10-15H2,1H3,(H,27,30,31)/t18-,19+,21?,24?/m0/s1. The van der Waals surface area contributed by atoms with Crippen molar-refractivity contribution in [2.24, 2.45) is 5.92 Å². The molecular weight excluding hydrogens is 499 g/mol. The molecule has 1 aliphatic carbocycles.